The summed E-state index contributed by atoms with van der Waals surface area (Å²) in [5.41, 5.74) is 0.281. The summed E-state index contributed by atoms with van der Waals surface area (Å²) in [7, 11) is 0. The normalized spacial score (nSPS) is 34.6. The maximum absolute atomic E-state index is 9.36. The van der Waals surface area contributed by atoms with Crippen LogP contribution in [0, 0.1) is 0 Å². The largest absolute Gasteiger partial charge is 0.508 e. The molecule has 0 spiro atoms. The molecule has 2 N–H and O–H groups in total. The zero-order valence-electron chi connectivity index (χ0n) is 12.7. The first-order valence-corrected chi connectivity index (χ1v) is 3.74. The predicted octanol–water partition coefficient (Wildman–Crippen LogP) is 1.13. The molecule has 0 bridgehead atoms. The second kappa shape index (κ2) is 3.47. The van der Waals surface area contributed by atoms with E-state index in [0.29, 0.717) is 0 Å². The summed E-state index contributed by atoms with van der Waals surface area (Å²) in [4.78, 5) is 3.59. The maximum atomic E-state index is 9.36. The van der Waals surface area contributed by atoms with Gasteiger partial charge in [-0.2, -0.15) is 0 Å². The number of phenolic OH excluding ortho intramolecular Hbond substituents is 1. The summed E-state index contributed by atoms with van der Waals surface area (Å²) < 4.78 is 45.4. The van der Waals surface area contributed by atoms with Crippen molar-refractivity contribution in [2.45, 2.75) is 6.37 Å². The Bertz CT molecular complexity index is 543. The van der Waals surface area contributed by atoms with Crippen molar-refractivity contribution in [2.24, 2.45) is 4.99 Å². The highest BCUT2D eigenvalue weighted by molar-refractivity contribution is 5.99. The third-order valence-electron chi connectivity index (χ3n) is 1.59. The van der Waals surface area contributed by atoms with Gasteiger partial charge in [-0.25, -0.2) is 0 Å². The molecule has 0 aromatic heterocycles. The fourth-order valence-corrected chi connectivity index (χ4v) is 1.02. The zero-order chi connectivity index (χ0) is 14.5. The Hall–Kier alpha value is -1.51. The first-order chi connectivity index (χ1) is 8.57. The molecule has 1 aliphatic rings. The lowest BCUT2D eigenvalue weighted by Gasteiger charge is -2.14. The smallest absolute Gasteiger partial charge is 0.128 e. The lowest BCUT2D eigenvalue weighted by Crippen LogP contribution is -2.29. The number of aromatic hydroxyl groups is 1. The second-order valence-corrected chi connectivity index (χ2v) is 2.50. The highest BCUT2D eigenvalue weighted by Gasteiger charge is 2.06. The first-order valence-electron chi connectivity index (χ1n) is 6.74. The summed E-state index contributed by atoms with van der Waals surface area (Å²) in [5.74, 6) is -0.210. The van der Waals surface area contributed by atoms with Crippen LogP contribution in [0.4, 0.5) is 0 Å². The van der Waals surface area contributed by atoms with Crippen molar-refractivity contribution in [1.29, 1.82) is 0 Å². The van der Waals surface area contributed by atoms with E-state index in [1.807, 2.05) is 0 Å². The molecule has 0 unspecified atom stereocenters. The molecule has 2 rings (SSSR count). The Morgan fingerprint density at radius 2 is 2.46 bits per heavy atom. The molecular formula is C10H12N2O. The first kappa shape index (κ1) is 3.70. The third kappa shape index (κ3) is 1.80. The van der Waals surface area contributed by atoms with Crippen LogP contribution in [0.25, 0.3) is 0 Å². The van der Waals surface area contributed by atoms with Gasteiger partial charge in [0, 0.05) is 24.0 Å². The molecule has 0 amide bonds. The highest BCUT2D eigenvalue weighted by Crippen LogP contribution is 2.11. The number of benzene rings is 1. The van der Waals surface area contributed by atoms with Crippen LogP contribution in [0.15, 0.2) is 29.3 Å². The van der Waals surface area contributed by atoms with Gasteiger partial charge in [-0.05, 0) is 18.5 Å². The van der Waals surface area contributed by atoms with Crippen molar-refractivity contribution >= 4 is 5.84 Å². The van der Waals surface area contributed by atoms with E-state index < -0.39 is 19.4 Å². The lowest BCUT2D eigenvalue weighted by molar-refractivity contribution is 0.475. The number of phenols is 1. The van der Waals surface area contributed by atoms with Crippen molar-refractivity contribution in [3.05, 3.63) is 29.8 Å². The minimum absolute atomic E-state index is 0.0725. The second-order valence-electron chi connectivity index (χ2n) is 2.50. The van der Waals surface area contributed by atoms with Gasteiger partial charge in [0.05, 0.1) is 2.74 Å². The fraction of sp³-hybridized carbons (Fsp3) is 0.300. The molecule has 3 nitrogen and oxygen atoms in total. The van der Waals surface area contributed by atoms with E-state index in [2.05, 4.69) is 10.3 Å². The Morgan fingerprint density at radius 3 is 3.23 bits per heavy atom. The molecule has 1 aliphatic heterocycles. The highest BCUT2D eigenvalue weighted by atomic mass is 16.3. The molecule has 1 aromatic carbocycles. The topological polar surface area (TPSA) is 44.6 Å². The minimum Gasteiger partial charge on any atom is -0.508 e. The number of hydrogen-bond acceptors (Lipinski definition) is 3. The Morgan fingerprint density at radius 1 is 1.54 bits per heavy atom. The minimum atomic E-state index is -2.82. The van der Waals surface area contributed by atoms with E-state index in [9.17, 15) is 5.11 Å². The van der Waals surface area contributed by atoms with Crippen LogP contribution in [0.5, 0.6) is 5.75 Å². The summed E-state index contributed by atoms with van der Waals surface area (Å²) in [6.07, 6.45) is -2.82. The Labute approximate surface area is 85.6 Å². The maximum Gasteiger partial charge on any atom is 0.128 e. The molecule has 0 radical (unpaired) electrons. The molecule has 0 aliphatic carbocycles. The van der Waals surface area contributed by atoms with Gasteiger partial charge in [-0.15, -0.1) is 0 Å². The van der Waals surface area contributed by atoms with Crippen molar-refractivity contribution in [2.75, 3.05) is 13.0 Å². The number of rotatable bonds is 1. The Kier molecular flexibility index (Phi) is 0.988. The van der Waals surface area contributed by atoms with Gasteiger partial charge >= 0.3 is 0 Å². The van der Waals surface area contributed by atoms with Crippen LogP contribution in [-0.4, -0.2) is 23.9 Å². The van der Waals surface area contributed by atoms with Crippen molar-refractivity contribution in [3.63, 3.8) is 0 Å². The molecule has 1 heterocycles. The van der Waals surface area contributed by atoms with Gasteiger partial charge in [0.25, 0.3) is 0 Å². The number of aliphatic imine (C=N–C) groups is 1. The standard InChI is InChI=1S/C10H12N2O/c13-9-4-1-3-8(7-9)10-11-5-2-6-12-10/h1,3-4,7,13H,2,5-6H2,(H,11,12)/i2D2,5D2,6D2. The summed E-state index contributed by atoms with van der Waals surface area (Å²) in [6.45, 7) is -5.35. The quantitative estimate of drug-likeness (QED) is 0.684. The van der Waals surface area contributed by atoms with Crippen LogP contribution in [0.2, 0.25) is 0 Å². The molecule has 13 heavy (non-hydrogen) atoms. The summed E-state index contributed by atoms with van der Waals surface area (Å²) >= 11 is 0. The number of hydrogen-bond donors (Lipinski definition) is 2. The van der Waals surface area contributed by atoms with E-state index in [-0.39, 0.29) is 17.1 Å². The fourth-order valence-electron chi connectivity index (χ4n) is 1.02. The SMILES string of the molecule is [2H]C1([2H])N=C(c2cccc(O)c2)NC([2H])([2H])C1([2H])[2H]. The van der Waals surface area contributed by atoms with Crippen LogP contribution in [-0.2, 0) is 0 Å². The van der Waals surface area contributed by atoms with E-state index >= 15 is 0 Å². The summed E-state index contributed by atoms with van der Waals surface area (Å²) in [5, 5.41) is 11.6. The van der Waals surface area contributed by atoms with Gasteiger partial charge < -0.3 is 10.4 Å². The molecular weight excluding hydrogens is 164 g/mol. The molecule has 1 aromatic rings. The zero-order valence-corrected chi connectivity index (χ0v) is 6.70. The van der Waals surface area contributed by atoms with E-state index in [0.717, 1.165) is 0 Å². The number of nitrogens with zero attached hydrogens (tertiary/aromatic N) is 1. The van der Waals surface area contributed by atoms with Gasteiger partial charge in [-0.3, -0.25) is 4.99 Å². The molecule has 0 saturated heterocycles. The number of nitrogens with one attached hydrogen (secondary N) is 1. The average Bonchev–Trinajstić information content (AvgIpc) is 2.25. The van der Waals surface area contributed by atoms with Crippen molar-refractivity contribution in [1.82, 2.24) is 5.32 Å². The lowest BCUT2D eigenvalue weighted by atomic mass is 10.2. The molecule has 0 fully saturated rings. The van der Waals surface area contributed by atoms with Gasteiger partial charge in [0.2, 0.25) is 0 Å². The van der Waals surface area contributed by atoms with Crippen molar-refractivity contribution < 1.29 is 13.3 Å². The van der Waals surface area contributed by atoms with Crippen molar-refractivity contribution in [3.8, 4) is 5.75 Å². The van der Waals surface area contributed by atoms with Gasteiger partial charge in [0.1, 0.15) is 11.6 Å². The van der Waals surface area contributed by atoms with E-state index in [1.54, 1.807) is 0 Å². The van der Waals surface area contributed by atoms with E-state index in [1.165, 1.54) is 24.3 Å². The van der Waals surface area contributed by atoms with Gasteiger partial charge in [0.15, 0.2) is 0 Å². The predicted molar refractivity (Wildman–Crippen MR) is 52.1 cm³/mol. The molecule has 68 valence electrons. The monoisotopic (exact) mass is 182 g/mol. The Balaban J connectivity index is 2.53. The van der Waals surface area contributed by atoms with Crippen LogP contribution in [0.3, 0.4) is 0 Å². The molecule has 0 atom stereocenters. The van der Waals surface area contributed by atoms with E-state index in [4.69, 9.17) is 8.22 Å². The third-order valence-corrected chi connectivity index (χ3v) is 1.59. The van der Waals surface area contributed by atoms with Crippen LogP contribution in [0.1, 0.15) is 20.2 Å². The van der Waals surface area contributed by atoms with Crippen LogP contribution < -0.4 is 5.32 Å². The molecule has 3 heteroatoms. The number of amidine groups is 1. The van der Waals surface area contributed by atoms with Crippen LogP contribution >= 0.6 is 0 Å². The summed E-state index contributed by atoms with van der Waals surface area (Å²) in [6, 6.07) is 5.72. The molecule has 0 saturated carbocycles. The van der Waals surface area contributed by atoms with Gasteiger partial charge in [-0.1, -0.05) is 12.1 Å². The average molecular weight is 182 g/mol.